The van der Waals surface area contributed by atoms with Gasteiger partial charge in [-0.1, -0.05) is 35.0 Å². The summed E-state index contributed by atoms with van der Waals surface area (Å²) in [4.78, 5) is 0. The van der Waals surface area contributed by atoms with Crippen molar-refractivity contribution in [2.24, 2.45) is 0 Å². The van der Waals surface area contributed by atoms with E-state index in [2.05, 4.69) is 38.5 Å². The number of halogens is 2. The van der Waals surface area contributed by atoms with Crippen LogP contribution in [0.4, 0.5) is 4.39 Å². The molecule has 0 saturated carbocycles. The molecule has 2 aromatic rings. The first-order valence-corrected chi connectivity index (χ1v) is 7.53. The molecule has 0 spiro atoms. The van der Waals surface area contributed by atoms with E-state index in [-0.39, 0.29) is 11.9 Å². The minimum atomic E-state index is -0.251. The molecular formula is C14H18BrFN4. The predicted octanol–water partition coefficient (Wildman–Crippen LogP) is 3.29. The maximum absolute atomic E-state index is 14.1. The number of aryl methyl sites for hydroxylation is 1. The fourth-order valence-electron chi connectivity index (χ4n) is 2.19. The lowest BCUT2D eigenvalue weighted by atomic mass is 10.0. The lowest BCUT2D eigenvalue weighted by Crippen LogP contribution is -2.26. The molecular weight excluding hydrogens is 323 g/mol. The third-order valence-electron chi connectivity index (χ3n) is 3.06. The Hall–Kier alpha value is -1.27. The van der Waals surface area contributed by atoms with Crippen LogP contribution in [-0.4, -0.2) is 21.5 Å². The summed E-state index contributed by atoms with van der Waals surface area (Å²) >= 11 is 3.40. The fourth-order valence-corrected chi connectivity index (χ4v) is 2.57. The van der Waals surface area contributed by atoms with Crippen LogP contribution in [0, 0.1) is 5.82 Å². The molecule has 1 aromatic carbocycles. The van der Waals surface area contributed by atoms with Crippen LogP contribution >= 0.6 is 15.9 Å². The molecule has 1 atom stereocenters. The average molecular weight is 341 g/mol. The molecule has 2 rings (SSSR count). The van der Waals surface area contributed by atoms with Gasteiger partial charge in [-0.3, -0.25) is 0 Å². The number of aromatic nitrogens is 3. The summed E-state index contributed by atoms with van der Waals surface area (Å²) in [6.45, 7) is 5.57. The maximum Gasteiger partial charge on any atom is 0.128 e. The quantitative estimate of drug-likeness (QED) is 0.877. The van der Waals surface area contributed by atoms with Crippen molar-refractivity contribution in [3.8, 4) is 0 Å². The minimum Gasteiger partial charge on any atom is -0.305 e. The van der Waals surface area contributed by atoms with Crippen LogP contribution in [0.5, 0.6) is 0 Å². The predicted molar refractivity (Wildman–Crippen MR) is 79.9 cm³/mol. The highest BCUT2D eigenvalue weighted by Gasteiger charge is 2.21. The van der Waals surface area contributed by atoms with E-state index in [1.165, 1.54) is 6.07 Å². The number of hydrogen-bond acceptors (Lipinski definition) is 3. The molecule has 20 heavy (non-hydrogen) atoms. The van der Waals surface area contributed by atoms with Crippen LogP contribution < -0.4 is 5.32 Å². The van der Waals surface area contributed by atoms with Crippen molar-refractivity contribution in [1.82, 2.24) is 20.3 Å². The monoisotopic (exact) mass is 340 g/mol. The van der Waals surface area contributed by atoms with E-state index >= 15 is 0 Å². The Labute approximate surface area is 126 Å². The van der Waals surface area contributed by atoms with Crippen molar-refractivity contribution in [3.63, 3.8) is 0 Å². The fraction of sp³-hybridized carbons (Fsp3) is 0.429. The normalized spacial score (nSPS) is 12.6. The van der Waals surface area contributed by atoms with E-state index in [4.69, 9.17) is 0 Å². The Morgan fingerprint density at radius 1 is 1.40 bits per heavy atom. The Morgan fingerprint density at radius 2 is 2.20 bits per heavy atom. The molecule has 0 amide bonds. The molecule has 108 valence electrons. The molecule has 1 N–H and O–H groups in total. The molecule has 0 fully saturated rings. The van der Waals surface area contributed by atoms with E-state index in [1.54, 1.807) is 18.3 Å². The highest BCUT2D eigenvalue weighted by atomic mass is 79.9. The van der Waals surface area contributed by atoms with Crippen LogP contribution in [-0.2, 0) is 6.54 Å². The van der Waals surface area contributed by atoms with Crippen LogP contribution in [0.25, 0.3) is 0 Å². The lowest BCUT2D eigenvalue weighted by molar-refractivity contribution is 0.496. The summed E-state index contributed by atoms with van der Waals surface area (Å²) in [5.41, 5.74) is 1.48. The van der Waals surface area contributed by atoms with Gasteiger partial charge in [-0.25, -0.2) is 9.07 Å². The summed E-state index contributed by atoms with van der Waals surface area (Å²) in [6.07, 6.45) is 2.65. The zero-order chi connectivity index (χ0) is 14.5. The van der Waals surface area contributed by atoms with Crippen LogP contribution in [0.1, 0.15) is 37.6 Å². The number of rotatable bonds is 6. The smallest absolute Gasteiger partial charge is 0.128 e. The molecule has 0 aliphatic heterocycles. The minimum absolute atomic E-state index is 0.233. The SMILES string of the molecule is CCCn1nncc1C(NCC)c1cc(Br)ccc1F. The highest BCUT2D eigenvalue weighted by Crippen LogP contribution is 2.26. The number of nitrogens with one attached hydrogen (secondary N) is 1. The molecule has 1 unspecified atom stereocenters. The van der Waals surface area contributed by atoms with Gasteiger partial charge in [0.15, 0.2) is 0 Å². The number of benzene rings is 1. The zero-order valence-electron chi connectivity index (χ0n) is 11.6. The van der Waals surface area contributed by atoms with Gasteiger partial charge in [0.2, 0.25) is 0 Å². The molecule has 0 aliphatic rings. The van der Waals surface area contributed by atoms with Crippen LogP contribution in [0.15, 0.2) is 28.9 Å². The van der Waals surface area contributed by atoms with Gasteiger partial charge < -0.3 is 5.32 Å². The van der Waals surface area contributed by atoms with Crippen molar-refractivity contribution >= 4 is 15.9 Å². The zero-order valence-corrected chi connectivity index (χ0v) is 13.2. The Morgan fingerprint density at radius 3 is 2.90 bits per heavy atom. The van der Waals surface area contributed by atoms with E-state index in [1.807, 2.05) is 11.6 Å². The van der Waals surface area contributed by atoms with Gasteiger partial charge in [-0.2, -0.15) is 0 Å². The van der Waals surface area contributed by atoms with Crippen molar-refractivity contribution in [1.29, 1.82) is 0 Å². The van der Waals surface area contributed by atoms with Gasteiger partial charge in [-0.15, -0.1) is 5.10 Å². The van der Waals surface area contributed by atoms with Crippen LogP contribution in [0.3, 0.4) is 0 Å². The summed E-state index contributed by atoms with van der Waals surface area (Å²) in [6, 6.07) is 4.71. The molecule has 4 nitrogen and oxygen atoms in total. The van der Waals surface area contributed by atoms with Crippen molar-refractivity contribution < 1.29 is 4.39 Å². The third-order valence-corrected chi connectivity index (χ3v) is 3.55. The van der Waals surface area contributed by atoms with Gasteiger partial charge in [0.1, 0.15) is 5.82 Å². The second kappa shape index (κ2) is 6.95. The van der Waals surface area contributed by atoms with E-state index in [9.17, 15) is 4.39 Å². The molecule has 0 radical (unpaired) electrons. The largest absolute Gasteiger partial charge is 0.305 e. The van der Waals surface area contributed by atoms with Crippen molar-refractivity contribution in [3.05, 3.63) is 45.9 Å². The summed E-state index contributed by atoms with van der Waals surface area (Å²) < 4.78 is 16.8. The van der Waals surface area contributed by atoms with Gasteiger partial charge in [0.05, 0.1) is 17.9 Å². The van der Waals surface area contributed by atoms with Crippen molar-refractivity contribution in [2.45, 2.75) is 32.9 Å². The van der Waals surface area contributed by atoms with Crippen molar-refractivity contribution in [2.75, 3.05) is 6.54 Å². The second-order valence-corrected chi connectivity index (χ2v) is 5.45. The standard InChI is InChI=1S/C14H18BrFN4/c1-3-7-20-13(9-18-19-20)14(17-4-2)11-8-10(15)5-6-12(11)16/h5-6,8-9,14,17H,3-4,7H2,1-2H3. The average Bonchev–Trinajstić information content (AvgIpc) is 2.88. The summed E-state index contributed by atoms with van der Waals surface area (Å²) in [5, 5.41) is 11.3. The molecule has 0 saturated heterocycles. The van der Waals surface area contributed by atoms with Gasteiger partial charge in [-0.05, 0) is 31.2 Å². The molecule has 0 aliphatic carbocycles. The molecule has 1 heterocycles. The number of nitrogens with zero attached hydrogens (tertiary/aromatic N) is 3. The number of hydrogen-bond donors (Lipinski definition) is 1. The van der Waals surface area contributed by atoms with E-state index in [0.717, 1.165) is 29.7 Å². The van der Waals surface area contributed by atoms with E-state index in [0.29, 0.717) is 5.56 Å². The first kappa shape index (κ1) is 15.1. The molecule has 6 heteroatoms. The molecule has 0 bridgehead atoms. The topological polar surface area (TPSA) is 42.7 Å². The lowest BCUT2D eigenvalue weighted by Gasteiger charge is -2.20. The van der Waals surface area contributed by atoms with Gasteiger partial charge in [0.25, 0.3) is 0 Å². The van der Waals surface area contributed by atoms with Crippen LogP contribution in [0.2, 0.25) is 0 Å². The Balaban J connectivity index is 2.44. The first-order chi connectivity index (χ1) is 9.67. The van der Waals surface area contributed by atoms with Gasteiger partial charge in [0, 0.05) is 16.6 Å². The van der Waals surface area contributed by atoms with E-state index < -0.39 is 0 Å². The molecule has 1 aromatic heterocycles. The maximum atomic E-state index is 14.1. The highest BCUT2D eigenvalue weighted by molar-refractivity contribution is 9.10. The van der Waals surface area contributed by atoms with Gasteiger partial charge >= 0.3 is 0 Å². The first-order valence-electron chi connectivity index (χ1n) is 6.74. The summed E-state index contributed by atoms with van der Waals surface area (Å²) in [5.74, 6) is -0.233. The Bertz CT molecular complexity index is 570. The third kappa shape index (κ3) is 3.24. The summed E-state index contributed by atoms with van der Waals surface area (Å²) in [7, 11) is 0. The second-order valence-electron chi connectivity index (χ2n) is 4.54. The Kier molecular flexibility index (Phi) is 5.25.